The van der Waals surface area contributed by atoms with Crippen LogP contribution in [0.1, 0.15) is 46.8 Å². The Bertz CT molecular complexity index is 988. The Kier molecular flexibility index (Phi) is 11.5. The van der Waals surface area contributed by atoms with Crippen LogP contribution in [0.5, 0.6) is 0 Å². The lowest BCUT2D eigenvalue weighted by Gasteiger charge is -2.26. The first-order valence-electron chi connectivity index (χ1n) is 11.6. The lowest BCUT2D eigenvalue weighted by Crippen LogP contribution is -2.39. The van der Waals surface area contributed by atoms with Crippen LogP contribution < -0.4 is 16.5 Å². The average molecular weight is 535 g/mol. The number of aromatic nitrogens is 2. The summed E-state index contributed by atoms with van der Waals surface area (Å²) in [5.41, 5.74) is 4.79. The SMILES string of the molecule is CCOC(=O)COP(=O)(NC(CC(C)C)C(=O)OCC)OCC1CC(O)C(n2ccc(N)nc2=O)O1. The molecule has 1 aliphatic rings. The van der Waals surface area contributed by atoms with Gasteiger partial charge in [-0.05, 0) is 32.3 Å². The van der Waals surface area contributed by atoms with Crippen molar-refractivity contribution in [1.29, 1.82) is 0 Å². The summed E-state index contributed by atoms with van der Waals surface area (Å²) < 4.78 is 41.0. The van der Waals surface area contributed by atoms with Crippen molar-refractivity contribution in [2.45, 2.75) is 65.0 Å². The summed E-state index contributed by atoms with van der Waals surface area (Å²) in [6, 6.07) is 0.340. The molecule has 0 bridgehead atoms. The highest BCUT2D eigenvalue weighted by molar-refractivity contribution is 7.51. The molecule has 5 atom stereocenters. The van der Waals surface area contributed by atoms with Gasteiger partial charge in [-0.25, -0.2) is 19.2 Å². The fraction of sp³-hybridized carbons (Fsp3) is 0.714. The van der Waals surface area contributed by atoms with E-state index in [0.29, 0.717) is 0 Å². The standard InChI is InChI=1S/C21H35N4O10P/c1-5-31-18(27)12-34-36(30,24-15(9-13(3)4)20(28)32-6-2)33-11-14-10-16(26)19(35-14)25-8-7-17(22)23-21(25)29/h7-8,13-16,19,26H,5-6,9-12H2,1-4H3,(H,24,30)(H2,22,23,29). The van der Waals surface area contributed by atoms with Gasteiger partial charge in [-0.3, -0.25) is 18.4 Å². The molecular weight excluding hydrogens is 499 g/mol. The minimum atomic E-state index is -4.28. The van der Waals surface area contributed by atoms with Crippen LogP contribution in [0.4, 0.5) is 5.82 Å². The van der Waals surface area contributed by atoms with Crippen LogP contribution in [0.25, 0.3) is 0 Å². The molecule has 1 aliphatic heterocycles. The number of carbonyl (C=O) groups is 2. The van der Waals surface area contributed by atoms with Gasteiger partial charge in [-0.1, -0.05) is 13.8 Å². The van der Waals surface area contributed by atoms with Crippen molar-refractivity contribution in [2.75, 3.05) is 32.2 Å². The highest BCUT2D eigenvalue weighted by Gasteiger charge is 2.39. The zero-order chi connectivity index (χ0) is 26.9. The number of anilines is 1. The Balaban J connectivity index is 2.14. The summed E-state index contributed by atoms with van der Waals surface area (Å²) in [7, 11) is -4.28. The summed E-state index contributed by atoms with van der Waals surface area (Å²) in [6.45, 7) is 6.12. The molecule has 5 unspecified atom stereocenters. The number of hydrogen-bond donors (Lipinski definition) is 3. The largest absolute Gasteiger partial charge is 0.465 e. The van der Waals surface area contributed by atoms with Gasteiger partial charge >= 0.3 is 25.4 Å². The lowest BCUT2D eigenvalue weighted by molar-refractivity contribution is -0.145. The predicted octanol–water partition coefficient (Wildman–Crippen LogP) is 0.746. The van der Waals surface area contributed by atoms with E-state index in [-0.39, 0.29) is 44.4 Å². The van der Waals surface area contributed by atoms with Gasteiger partial charge in [0, 0.05) is 12.6 Å². The number of rotatable bonds is 14. The maximum Gasteiger partial charge on any atom is 0.406 e. The van der Waals surface area contributed by atoms with Gasteiger partial charge in [0.05, 0.1) is 25.9 Å². The van der Waals surface area contributed by atoms with E-state index in [4.69, 9.17) is 29.0 Å². The molecule has 204 valence electrons. The molecule has 1 fully saturated rings. The molecule has 0 aliphatic carbocycles. The Morgan fingerprint density at radius 3 is 2.61 bits per heavy atom. The van der Waals surface area contributed by atoms with E-state index in [1.54, 1.807) is 13.8 Å². The van der Waals surface area contributed by atoms with Gasteiger partial charge in [0.1, 0.15) is 18.0 Å². The highest BCUT2D eigenvalue weighted by atomic mass is 31.2. The molecule has 14 nitrogen and oxygen atoms in total. The molecule has 36 heavy (non-hydrogen) atoms. The van der Waals surface area contributed by atoms with Crippen LogP contribution in [0.2, 0.25) is 0 Å². The van der Waals surface area contributed by atoms with Crippen LogP contribution in [0, 0.1) is 5.92 Å². The number of aliphatic hydroxyl groups is 1. The van der Waals surface area contributed by atoms with Gasteiger partial charge in [0.2, 0.25) is 0 Å². The summed E-state index contributed by atoms with van der Waals surface area (Å²) in [5.74, 6) is -1.39. The Morgan fingerprint density at radius 1 is 1.31 bits per heavy atom. The van der Waals surface area contributed by atoms with Crippen molar-refractivity contribution < 1.29 is 42.5 Å². The molecular formula is C21H35N4O10P. The average Bonchev–Trinajstić information content (AvgIpc) is 3.16. The third-order valence-corrected chi connectivity index (χ3v) is 6.56. The summed E-state index contributed by atoms with van der Waals surface area (Å²) in [5, 5.41) is 13.0. The normalized spacial score (nSPS) is 22.2. The van der Waals surface area contributed by atoms with Gasteiger partial charge in [-0.15, -0.1) is 0 Å². The van der Waals surface area contributed by atoms with E-state index < -0.39 is 56.5 Å². The van der Waals surface area contributed by atoms with Crippen molar-refractivity contribution in [3.05, 3.63) is 22.7 Å². The van der Waals surface area contributed by atoms with Crippen molar-refractivity contribution in [2.24, 2.45) is 5.92 Å². The maximum atomic E-state index is 13.5. The zero-order valence-electron chi connectivity index (χ0n) is 20.8. The monoisotopic (exact) mass is 534 g/mol. The third kappa shape index (κ3) is 8.95. The Morgan fingerprint density at radius 2 is 2.00 bits per heavy atom. The first-order valence-corrected chi connectivity index (χ1v) is 13.2. The first kappa shape index (κ1) is 29.9. The molecule has 0 amide bonds. The second-order valence-electron chi connectivity index (χ2n) is 8.43. The number of aliphatic hydroxyl groups excluding tert-OH is 1. The Hall–Kier alpha value is -2.35. The second kappa shape index (κ2) is 13.8. The number of carbonyl (C=O) groups excluding carboxylic acids is 2. The molecule has 2 rings (SSSR count). The molecule has 1 aromatic heterocycles. The van der Waals surface area contributed by atoms with Crippen LogP contribution in [-0.2, 0) is 37.4 Å². The Labute approximate surface area is 209 Å². The van der Waals surface area contributed by atoms with E-state index in [1.807, 2.05) is 13.8 Å². The number of nitrogens with zero attached hydrogens (tertiary/aromatic N) is 2. The number of nitrogens with one attached hydrogen (secondary N) is 1. The van der Waals surface area contributed by atoms with Crippen molar-refractivity contribution in [3.63, 3.8) is 0 Å². The number of nitrogen functional groups attached to an aromatic ring is 1. The van der Waals surface area contributed by atoms with Crippen molar-refractivity contribution in [3.8, 4) is 0 Å². The fourth-order valence-corrected chi connectivity index (χ4v) is 4.90. The summed E-state index contributed by atoms with van der Waals surface area (Å²) in [6.07, 6.45) is -1.34. The van der Waals surface area contributed by atoms with Gasteiger partial charge in [0.25, 0.3) is 0 Å². The van der Waals surface area contributed by atoms with E-state index >= 15 is 0 Å². The van der Waals surface area contributed by atoms with Gasteiger partial charge < -0.3 is 25.1 Å². The van der Waals surface area contributed by atoms with E-state index in [2.05, 4.69) is 10.1 Å². The van der Waals surface area contributed by atoms with E-state index in [0.717, 1.165) is 4.57 Å². The van der Waals surface area contributed by atoms with Gasteiger partial charge in [-0.2, -0.15) is 4.98 Å². The van der Waals surface area contributed by atoms with E-state index in [9.17, 15) is 24.1 Å². The van der Waals surface area contributed by atoms with E-state index in [1.165, 1.54) is 12.3 Å². The lowest BCUT2D eigenvalue weighted by atomic mass is 10.1. The van der Waals surface area contributed by atoms with Crippen LogP contribution >= 0.6 is 7.75 Å². The molecule has 2 heterocycles. The first-order chi connectivity index (χ1) is 17.0. The number of hydrogen-bond acceptors (Lipinski definition) is 12. The number of nitrogens with two attached hydrogens (primary N) is 1. The molecule has 15 heteroatoms. The predicted molar refractivity (Wildman–Crippen MR) is 127 cm³/mol. The topological polar surface area (TPSA) is 191 Å². The zero-order valence-corrected chi connectivity index (χ0v) is 21.7. The van der Waals surface area contributed by atoms with Crippen molar-refractivity contribution in [1.82, 2.24) is 14.6 Å². The summed E-state index contributed by atoms with van der Waals surface area (Å²) >= 11 is 0. The van der Waals surface area contributed by atoms with Gasteiger partial charge in [0.15, 0.2) is 12.8 Å². The quantitative estimate of drug-likeness (QED) is 0.224. The molecule has 1 aromatic rings. The molecule has 1 saturated heterocycles. The highest BCUT2D eigenvalue weighted by Crippen LogP contribution is 2.46. The maximum absolute atomic E-state index is 13.5. The summed E-state index contributed by atoms with van der Waals surface area (Å²) in [4.78, 5) is 40.0. The molecule has 0 radical (unpaired) electrons. The molecule has 4 N–H and O–H groups in total. The second-order valence-corrected chi connectivity index (χ2v) is 10.2. The van der Waals surface area contributed by atoms with Crippen LogP contribution in [0.3, 0.4) is 0 Å². The number of ether oxygens (including phenoxy) is 3. The smallest absolute Gasteiger partial charge is 0.406 e. The number of esters is 2. The third-order valence-electron chi connectivity index (χ3n) is 4.97. The van der Waals surface area contributed by atoms with Crippen LogP contribution in [-0.4, -0.2) is 71.3 Å². The van der Waals surface area contributed by atoms with Crippen LogP contribution in [0.15, 0.2) is 17.1 Å². The van der Waals surface area contributed by atoms with Crippen molar-refractivity contribution >= 4 is 25.5 Å². The fourth-order valence-electron chi connectivity index (χ4n) is 3.45. The molecule has 0 spiro atoms. The minimum absolute atomic E-state index is 0.0197. The molecule has 0 saturated carbocycles. The minimum Gasteiger partial charge on any atom is -0.465 e. The molecule has 0 aromatic carbocycles.